The van der Waals surface area contributed by atoms with Crippen molar-refractivity contribution in [3.63, 3.8) is 0 Å². The Kier molecular flexibility index (Phi) is 2.59. The van der Waals surface area contributed by atoms with Crippen molar-refractivity contribution in [2.45, 2.75) is 13.0 Å². The van der Waals surface area contributed by atoms with Crippen LogP contribution in [0.25, 0.3) is 0 Å². The fraction of sp³-hybridized carbons (Fsp3) is 0.154. The minimum atomic E-state index is 0.400. The van der Waals surface area contributed by atoms with E-state index in [1.54, 1.807) is 0 Å². The Morgan fingerprint density at radius 3 is 2.07 bits per heavy atom. The van der Waals surface area contributed by atoms with Crippen molar-refractivity contribution >= 4 is 0 Å². The highest BCUT2D eigenvalue weighted by Crippen LogP contribution is 2.09. The van der Waals surface area contributed by atoms with E-state index in [0.29, 0.717) is 6.04 Å². The van der Waals surface area contributed by atoms with Gasteiger partial charge in [-0.3, -0.25) is 0 Å². The largest absolute Gasteiger partial charge is 0.198 e. The van der Waals surface area contributed by atoms with Crippen molar-refractivity contribution in [2.24, 2.45) is 0 Å². The van der Waals surface area contributed by atoms with Gasteiger partial charge in [0.25, 0.3) is 0 Å². The van der Waals surface area contributed by atoms with E-state index in [-0.39, 0.29) is 0 Å². The summed E-state index contributed by atoms with van der Waals surface area (Å²) in [6, 6.07) is 17.1. The molecule has 1 aromatic heterocycles. The predicted molar refractivity (Wildman–Crippen MR) is 56.9 cm³/mol. The molecule has 0 aliphatic rings. The van der Waals surface area contributed by atoms with E-state index in [4.69, 9.17) is 0 Å². The average molecular weight is 184 g/mol. The Morgan fingerprint density at radius 2 is 1.43 bits per heavy atom. The highest BCUT2D eigenvalue weighted by Gasteiger charge is 2.12. The van der Waals surface area contributed by atoms with Gasteiger partial charge in [0.2, 0.25) is 0 Å². The second-order valence-electron chi connectivity index (χ2n) is 3.41. The molecule has 1 aromatic carbocycles. The zero-order valence-electron chi connectivity index (χ0n) is 8.30. The summed E-state index contributed by atoms with van der Waals surface area (Å²) in [5.41, 5.74) is 1.34. The quantitative estimate of drug-likeness (QED) is 0.632. The van der Waals surface area contributed by atoms with Crippen LogP contribution >= 0.6 is 0 Å². The van der Waals surface area contributed by atoms with Crippen LogP contribution in [0.15, 0.2) is 60.9 Å². The van der Waals surface area contributed by atoms with E-state index < -0.39 is 0 Å². The first-order valence-electron chi connectivity index (χ1n) is 4.88. The summed E-state index contributed by atoms with van der Waals surface area (Å²) < 4.78 is 2.20. The molecular formula is C13H14N+. The van der Waals surface area contributed by atoms with Gasteiger partial charge in [0.1, 0.15) is 0 Å². The smallest absolute Gasteiger partial charge is 0.180 e. The molecule has 0 saturated heterocycles. The van der Waals surface area contributed by atoms with Gasteiger partial charge in [-0.1, -0.05) is 36.4 Å². The molecule has 2 aromatic rings. The molecule has 0 N–H and O–H groups in total. The van der Waals surface area contributed by atoms with Crippen LogP contribution < -0.4 is 4.57 Å². The monoisotopic (exact) mass is 184 g/mol. The highest BCUT2D eigenvalue weighted by molar-refractivity contribution is 5.16. The molecule has 1 nitrogen and oxygen atoms in total. The van der Waals surface area contributed by atoms with Crippen LogP contribution in [0.5, 0.6) is 0 Å². The van der Waals surface area contributed by atoms with Crippen LogP contribution in [0.3, 0.4) is 0 Å². The first-order chi connectivity index (χ1) is 6.88. The van der Waals surface area contributed by atoms with E-state index in [9.17, 15) is 0 Å². The number of pyridine rings is 1. The molecule has 1 heterocycles. The van der Waals surface area contributed by atoms with Crippen LogP contribution in [0.2, 0.25) is 0 Å². The lowest BCUT2D eigenvalue weighted by Gasteiger charge is -2.06. The molecule has 0 unspecified atom stereocenters. The first-order valence-corrected chi connectivity index (χ1v) is 4.88. The standard InChI is InChI=1S/C13H14N/c1-12(13-8-4-2-5-9-13)14-10-6-3-7-11-14/h2-12H,1H3/q+1/t12-/m1/s1. The lowest BCUT2D eigenvalue weighted by atomic mass is 10.1. The molecule has 0 spiro atoms. The van der Waals surface area contributed by atoms with Gasteiger partial charge in [-0.05, 0) is 0 Å². The fourth-order valence-electron chi connectivity index (χ4n) is 1.57. The van der Waals surface area contributed by atoms with Crippen molar-refractivity contribution in [3.05, 3.63) is 66.5 Å². The maximum atomic E-state index is 2.20. The zero-order chi connectivity index (χ0) is 9.80. The summed E-state index contributed by atoms with van der Waals surface area (Å²) in [6.45, 7) is 2.20. The zero-order valence-corrected chi connectivity index (χ0v) is 8.30. The summed E-state index contributed by atoms with van der Waals surface area (Å²) >= 11 is 0. The maximum absolute atomic E-state index is 2.20. The van der Waals surface area contributed by atoms with Crippen molar-refractivity contribution < 1.29 is 4.57 Å². The van der Waals surface area contributed by atoms with Gasteiger partial charge >= 0.3 is 0 Å². The van der Waals surface area contributed by atoms with Crippen molar-refractivity contribution in [3.8, 4) is 0 Å². The second-order valence-corrected chi connectivity index (χ2v) is 3.41. The second kappa shape index (κ2) is 4.05. The van der Waals surface area contributed by atoms with E-state index in [0.717, 1.165) is 0 Å². The molecule has 0 amide bonds. The molecule has 70 valence electrons. The third-order valence-electron chi connectivity index (χ3n) is 2.47. The molecule has 1 atom stereocenters. The van der Waals surface area contributed by atoms with Gasteiger partial charge in [-0.25, -0.2) is 0 Å². The third kappa shape index (κ3) is 1.82. The number of hydrogen-bond donors (Lipinski definition) is 0. The molecule has 0 saturated carbocycles. The number of benzene rings is 1. The van der Waals surface area contributed by atoms with Crippen LogP contribution in [-0.2, 0) is 0 Å². The Morgan fingerprint density at radius 1 is 0.857 bits per heavy atom. The van der Waals surface area contributed by atoms with E-state index in [1.165, 1.54) is 5.56 Å². The van der Waals surface area contributed by atoms with E-state index in [1.807, 2.05) is 12.1 Å². The SMILES string of the molecule is C[C@H](c1ccccc1)[n+]1ccccc1. The Labute approximate surface area is 84.6 Å². The predicted octanol–water partition coefficient (Wildman–Crippen LogP) is 2.58. The molecule has 2 rings (SSSR count). The fourth-order valence-corrected chi connectivity index (χ4v) is 1.57. The normalized spacial score (nSPS) is 12.4. The molecular weight excluding hydrogens is 170 g/mol. The van der Waals surface area contributed by atoms with Crippen molar-refractivity contribution in [1.29, 1.82) is 0 Å². The average Bonchev–Trinajstić information content (AvgIpc) is 2.30. The number of rotatable bonds is 2. The van der Waals surface area contributed by atoms with Crippen LogP contribution in [0, 0.1) is 0 Å². The number of nitrogens with zero attached hydrogens (tertiary/aromatic N) is 1. The maximum Gasteiger partial charge on any atom is 0.180 e. The summed E-state index contributed by atoms with van der Waals surface area (Å²) in [5.74, 6) is 0. The van der Waals surface area contributed by atoms with Crippen molar-refractivity contribution in [1.82, 2.24) is 0 Å². The van der Waals surface area contributed by atoms with Crippen molar-refractivity contribution in [2.75, 3.05) is 0 Å². The highest BCUT2D eigenvalue weighted by atomic mass is 15.0. The molecule has 0 aliphatic carbocycles. The van der Waals surface area contributed by atoms with Crippen LogP contribution in [-0.4, -0.2) is 0 Å². The van der Waals surface area contributed by atoms with Crippen LogP contribution in [0.1, 0.15) is 18.5 Å². The first kappa shape index (κ1) is 8.95. The third-order valence-corrected chi connectivity index (χ3v) is 2.47. The van der Waals surface area contributed by atoms with Gasteiger partial charge in [-0.2, -0.15) is 4.57 Å². The summed E-state index contributed by atoms with van der Waals surface area (Å²) in [5, 5.41) is 0. The molecule has 0 bridgehead atoms. The van der Waals surface area contributed by atoms with Gasteiger partial charge < -0.3 is 0 Å². The molecule has 0 fully saturated rings. The summed E-state index contributed by atoms with van der Waals surface area (Å²) in [6.07, 6.45) is 4.19. The summed E-state index contributed by atoms with van der Waals surface area (Å²) in [7, 11) is 0. The van der Waals surface area contributed by atoms with Gasteiger partial charge in [0.05, 0.1) is 0 Å². The van der Waals surface area contributed by atoms with Gasteiger partial charge in [0.15, 0.2) is 18.4 Å². The molecule has 0 aliphatic heterocycles. The number of aromatic nitrogens is 1. The minimum absolute atomic E-state index is 0.400. The minimum Gasteiger partial charge on any atom is -0.198 e. The van der Waals surface area contributed by atoms with Gasteiger partial charge in [0, 0.05) is 24.6 Å². The lowest BCUT2D eigenvalue weighted by Crippen LogP contribution is -2.37. The Hall–Kier alpha value is -1.63. The van der Waals surface area contributed by atoms with Crippen LogP contribution in [0.4, 0.5) is 0 Å². The topological polar surface area (TPSA) is 3.88 Å². The van der Waals surface area contributed by atoms with E-state index in [2.05, 4.69) is 60.3 Å². The molecule has 0 radical (unpaired) electrons. The summed E-state index contributed by atoms with van der Waals surface area (Å²) in [4.78, 5) is 0. The molecule has 1 heteroatoms. The Bertz CT molecular complexity index is 341. The molecule has 14 heavy (non-hydrogen) atoms. The number of hydrogen-bond acceptors (Lipinski definition) is 0. The van der Waals surface area contributed by atoms with E-state index >= 15 is 0 Å². The van der Waals surface area contributed by atoms with Gasteiger partial charge in [-0.15, -0.1) is 0 Å². The lowest BCUT2D eigenvalue weighted by molar-refractivity contribution is -0.710. The Balaban J connectivity index is 2.30.